The molecule has 1 aliphatic rings. The molecule has 4 rings (SSSR count). The number of likely N-dealkylation sites (tertiary alicyclic amines) is 1. The average Bonchev–Trinajstić information content (AvgIpc) is 3.31. The third-order valence-corrected chi connectivity index (χ3v) is 5.93. The van der Waals surface area contributed by atoms with Gasteiger partial charge in [-0.25, -0.2) is 4.68 Å². The Morgan fingerprint density at radius 3 is 2.70 bits per heavy atom. The van der Waals surface area contributed by atoms with Crippen molar-refractivity contribution in [2.24, 2.45) is 11.7 Å². The molecule has 2 heterocycles. The van der Waals surface area contributed by atoms with Crippen LogP contribution < -0.4 is 15.8 Å². The molecule has 2 aromatic carbocycles. The summed E-state index contributed by atoms with van der Waals surface area (Å²) in [5.74, 6) is 0.105. The van der Waals surface area contributed by atoms with Crippen LogP contribution >= 0.6 is 0 Å². The molecule has 0 spiro atoms. The monoisotopic (exact) mass is 447 g/mol. The van der Waals surface area contributed by atoms with Gasteiger partial charge < -0.3 is 15.8 Å². The fourth-order valence-electron chi connectivity index (χ4n) is 4.14. The quantitative estimate of drug-likeness (QED) is 0.579. The van der Waals surface area contributed by atoms with Crippen LogP contribution in [0.3, 0.4) is 0 Å². The molecule has 1 atom stereocenters. The first-order chi connectivity index (χ1) is 15.9. The summed E-state index contributed by atoms with van der Waals surface area (Å²) in [5, 5.41) is 7.32. The number of carbonyl (C=O) groups is 2. The first kappa shape index (κ1) is 22.5. The lowest BCUT2D eigenvalue weighted by Crippen LogP contribution is -2.40. The van der Waals surface area contributed by atoms with Crippen molar-refractivity contribution in [3.8, 4) is 11.4 Å². The van der Waals surface area contributed by atoms with Gasteiger partial charge in [0.15, 0.2) is 5.69 Å². The number of anilines is 1. The molecule has 1 saturated heterocycles. The number of amides is 2. The van der Waals surface area contributed by atoms with Crippen molar-refractivity contribution in [3.63, 3.8) is 0 Å². The predicted molar refractivity (Wildman–Crippen MR) is 126 cm³/mol. The Bertz CT molecular complexity index is 1140. The number of carbonyl (C=O) groups excluding carboxylic acids is 2. The van der Waals surface area contributed by atoms with E-state index in [9.17, 15) is 9.59 Å². The van der Waals surface area contributed by atoms with Crippen LogP contribution in [0, 0.1) is 12.8 Å². The van der Waals surface area contributed by atoms with Gasteiger partial charge in [0.1, 0.15) is 11.4 Å². The van der Waals surface area contributed by atoms with E-state index in [1.54, 1.807) is 24.1 Å². The number of benzene rings is 2. The van der Waals surface area contributed by atoms with Crippen molar-refractivity contribution < 1.29 is 14.3 Å². The zero-order valence-corrected chi connectivity index (χ0v) is 19.0. The summed E-state index contributed by atoms with van der Waals surface area (Å²) in [6.07, 6.45) is 3.58. The smallest absolute Gasteiger partial charge is 0.276 e. The number of nitrogens with zero attached hydrogens (tertiary/aromatic N) is 3. The van der Waals surface area contributed by atoms with E-state index in [-0.39, 0.29) is 17.7 Å². The van der Waals surface area contributed by atoms with E-state index >= 15 is 0 Å². The minimum Gasteiger partial charge on any atom is -0.494 e. The number of aromatic nitrogens is 2. The van der Waals surface area contributed by atoms with Crippen LogP contribution in [0.25, 0.3) is 5.69 Å². The number of ether oxygens (including phenoxy) is 1. The van der Waals surface area contributed by atoms with Gasteiger partial charge in [0.05, 0.1) is 13.0 Å². The van der Waals surface area contributed by atoms with E-state index in [0.29, 0.717) is 23.7 Å². The maximum atomic E-state index is 12.7. The number of hydrogen-bond acceptors (Lipinski definition) is 5. The van der Waals surface area contributed by atoms with Crippen LogP contribution in [-0.2, 0) is 11.3 Å². The van der Waals surface area contributed by atoms with E-state index in [1.807, 2.05) is 49.4 Å². The van der Waals surface area contributed by atoms with Crippen LogP contribution in [0.5, 0.6) is 5.75 Å². The normalized spacial score (nSPS) is 16.4. The number of primary amides is 1. The summed E-state index contributed by atoms with van der Waals surface area (Å²) < 4.78 is 7.06. The Morgan fingerprint density at radius 2 is 1.97 bits per heavy atom. The fourth-order valence-corrected chi connectivity index (χ4v) is 4.14. The third kappa shape index (κ3) is 5.40. The fraction of sp³-hybridized carbons (Fsp3) is 0.320. The minimum atomic E-state index is -0.284. The lowest BCUT2D eigenvalue weighted by atomic mass is 9.97. The molecule has 1 aromatic heterocycles. The molecule has 3 N–H and O–H groups in total. The highest BCUT2D eigenvalue weighted by Crippen LogP contribution is 2.24. The Balaban J connectivity index is 1.39. The van der Waals surface area contributed by atoms with E-state index < -0.39 is 0 Å². The maximum Gasteiger partial charge on any atom is 0.276 e. The first-order valence-corrected chi connectivity index (χ1v) is 11.1. The molecule has 1 aliphatic heterocycles. The summed E-state index contributed by atoms with van der Waals surface area (Å²) in [6.45, 7) is 4.39. The molecular formula is C25H29N5O3. The van der Waals surface area contributed by atoms with Crippen LogP contribution in [-0.4, -0.2) is 46.7 Å². The van der Waals surface area contributed by atoms with E-state index in [2.05, 4.69) is 15.3 Å². The van der Waals surface area contributed by atoms with Crippen molar-refractivity contribution >= 4 is 17.5 Å². The first-order valence-electron chi connectivity index (χ1n) is 11.1. The lowest BCUT2D eigenvalue weighted by molar-refractivity contribution is -0.123. The van der Waals surface area contributed by atoms with Crippen LogP contribution in [0.15, 0.2) is 54.7 Å². The summed E-state index contributed by atoms with van der Waals surface area (Å²) in [5.41, 5.74) is 9.45. The zero-order chi connectivity index (χ0) is 23.4. The van der Waals surface area contributed by atoms with Gasteiger partial charge in [-0.05, 0) is 67.8 Å². The largest absolute Gasteiger partial charge is 0.494 e. The van der Waals surface area contributed by atoms with E-state index in [1.165, 1.54) is 0 Å². The molecule has 2 amide bonds. The molecule has 8 nitrogen and oxygen atoms in total. The molecule has 1 unspecified atom stereocenters. The number of methoxy groups -OCH3 is 1. The number of piperidine rings is 1. The minimum absolute atomic E-state index is 0.0723. The molecular weight excluding hydrogens is 418 g/mol. The Kier molecular flexibility index (Phi) is 6.74. The van der Waals surface area contributed by atoms with Gasteiger partial charge in [-0.1, -0.05) is 18.2 Å². The number of nitrogens with two attached hydrogens (primary N) is 1. The molecule has 1 fully saturated rings. The molecule has 33 heavy (non-hydrogen) atoms. The van der Waals surface area contributed by atoms with Gasteiger partial charge in [-0.15, -0.1) is 0 Å². The summed E-state index contributed by atoms with van der Waals surface area (Å²) in [4.78, 5) is 26.4. The number of nitrogens with one attached hydrogen (secondary N) is 1. The summed E-state index contributed by atoms with van der Waals surface area (Å²) >= 11 is 0. The molecule has 0 aliphatic carbocycles. The standard InChI is InChI=1S/C25H29N5O3/c1-17-5-10-23(33-2)22(14-17)30-13-11-21(28-30)25(32)27-20-8-6-18(7-9-20)15-29-12-3-4-19(16-29)24(26)31/h5-11,13-14,19H,3-4,12,15-16H2,1-2H3,(H2,26,31)(H,27,32). The molecule has 8 heteroatoms. The number of rotatable bonds is 7. The van der Waals surface area contributed by atoms with Crippen molar-refractivity contribution in [1.82, 2.24) is 14.7 Å². The number of aryl methyl sites for hydroxylation is 1. The molecule has 0 bridgehead atoms. The van der Waals surface area contributed by atoms with Crippen molar-refractivity contribution in [2.45, 2.75) is 26.3 Å². The van der Waals surface area contributed by atoms with Crippen molar-refractivity contribution in [2.75, 3.05) is 25.5 Å². The van der Waals surface area contributed by atoms with Gasteiger partial charge in [-0.2, -0.15) is 5.10 Å². The highest BCUT2D eigenvalue weighted by Gasteiger charge is 2.23. The topological polar surface area (TPSA) is 102 Å². The highest BCUT2D eigenvalue weighted by molar-refractivity contribution is 6.02. The van der Waals surface area contributed by atoms with Crippen LogP contribution in [0.4, 0.5) is 5.69 Å². The van der Waals surface area contributed by atoms with Gasteiger partial charge in [0, 0.05) is 25.0 Å². The van der Waals surface area contributed by atoms with Gasteiger partial charge in [0.25, 0.3) is 5.91 Å². The second-order valence-electron chi connectivity index (χ2n) is 8.45. The molecule has 0 radical (unpaired) electrons. The van der Waals surface area contributed by atoms with Crippen molar-refractivity contribution in [1.29, 1.82) is 0 Å². The summed E-state index contributed by atoms with van der Waals surface area (Å²) in [7, 11) is 1.61. The SMILES string of the molecule is COc1ccc(C)cc1-n1ccc(C(=O)Nc2ccc(CN3CCCC(C(N)=O)C3)cc2)n1. The highest BCUT2D eigenvalue weighted by atomic mass is 16.5. The molecule has 0 saturated carbocycles. The van der Waals surface area contributed by atoms with Crippen LogP contribution in [0.2, 0.25) is 0 Å². The van der Waals surface area contributed by atoms with Gasteiger partial charge in [-0.3, -0.25) is 14.5 Å². The average molecular weight is 448 g/mol. The van der Waals surface area contributed by atoms with Gasteiger partial charge in [0.2, 0.25) is 5.91 Å². The van der Waals surface area contributed by atoms with Crippen molar-refractivity contribution in [3.05, 3.63) is 71.5 Å². The molecule has 3 aromatic rings. The number of hydrogen-bond donors (Lipinski definition) is 2. The Morgan fingerprint density at radius 1 is 1.18 bits per heavy atom. The van der Waals surface area contributed by atoms with E-state index in [0.717, 1.165) is 42.7 Å². The Labute approximate surface area is 193 Å². The third-order valence-electron chi connectivity index (χ3n) is 5.93. The molecule has 172 valence electrons. The Hall–Kier alpha value is -3.65. The van der Waals surface area contributed by atoms with Gasteiger partial charge >= 0.3 is 0 Å². The summed E-state index contributed by atoms with van der Waals surface area (Å²) in [6, 6.07) is 15.2. The lowest BCUT2D eigenvalue weighted by Gasteiger charge is -2.31. The zero-order valence-electron chi connectivity index (χ0n) is 19.0. The second kappa shape index (κ2) is 9.87. The van der Waals surface area contributed by atoms with E-state index in [4.69, 9.17) is 10.5 Å². The van der Waals surface area contributed by atoms with Crippen LogP contribution in [0.1, 0.15) is 34.5 Å². The second-order valence-corrected chi connectivity index (χ2v) is 8.45. The maximum absolute atomic E-state index is 12.7. The predicted octanol–water partition coefficient (Wildman–Crippen LogP) is 3.14.